The Kier molecular flexibility index (Phi) is 5.31. The van der Waals surface area contributed by atoms with Crippen LogP contribution in [0.25, 0.3) is 11.0 Å². The monoisotopic (exact) mass is 405 g/mol. The van der Waals surface area contributed by atoms with E-state index in [4.69, 9.17) is 14.7 Å². The zero-order valence-electron chi connectivity index (χ0n) is 17.3. The lowest BCUT2D eigenvalue weighted by Gasteiger charge is -2.38. The fourth-order valence-corrected chi connectivity index (χ4v) is 4.22. The van der Waals surface area contributed by atoms with Crippen LogP contribution in [0.4, 0.5) is 17.6 Å². The summed E-state index contributed by atoms with van der Waals surface area (Å²) in [5.74, 6) is 2.70. The molecule has 1 unspecified atom stereocenters. The Bertz CT molecular complexity index is 1010. The fraction of sp³-hybridized carbons (Fsp3) is 0.455. The molecule has 2 aliphatic heterocycles. The van der Waals surface area contributed by atoms with Gasteiger partial charge in [-0.15, -0.1) is 0 Å². The van der Waals surface area contributed by atoms with Gasteiger partial charge in [-0.3, -0.25) is 4.98 Å². The van der Waals surface area contributed by atoms with Crippen LogP contribution in [-0.4, -0.2) is 72.4 Å². The van der Waals surface area contributed by atoms with Gasteiger partial charge in [0.2, 0.25) is 5.95 Å². The van der Waals surface area contributed by atoms with Gasteiger partial charge in [-0.05, 0) is 31.0 Å². The van der Waals surface area contributed by atoms with Gasteiger partial charge in [0.15, 0.2) is 0 Å². The molecule has 30 heavy (non-hydrogen) atoms. The molecule has 0 amide bonds. The van der Waals surface area contributed by atoms with E-state index >= 15 is 0 Å². The molecule has 0 saturated carbocycles. The molecule has 5 rings (SSSR count). The molecule has 0 radical (unpaired) electrons. The second-order valence-corrected chi connectivity index (χ2v) is 7.88. The number of fused-ring (bicyclic) bond motifs is 1. The van der Waals surface area contributed by atoms with Crippen molar-refractivity contribution < 1.29 is 4.74 Å². The zero-order valence-corrected chi connectivity index (χ0v) is 17.3. The highest BCUT2D eigenvalue weighted by molar-refractivity contribution is 5.75. The smallest absolute Gasteiger partial charge is 0.227 e. The highest BCUT2D eigenvalue weighted by Gasteiger charge is 2.26. The molecule has 2 fully saturated rings. The third-order valence-corrected chi connectivity index (χ3v) is 5.99. The summed E-state index contributed by atoms with van der Waals surface area (Å²) in [7, 11) is 2.13. The molecule has 2 aromatic heterocycles. The van der Waals surface area contributed by atoms with Crippen molar-refractivity contribution in [2.24, 2.45) is 0 Å². The lowest BCUT2D eigenvalue weighted by Crippen LogP contribution is -2.47. The number of para-hydroxylation sites is 2. The average molecular weight is 406 g/mol. The maximum absolute atomic E-state index is 5.45. The van der Waals surface area contributed by atoms with E-state index in [2.05, 4.69) is 31.7 Å². The van der Waals surface area contributed by atoms with Crippen molar-refractivity contribution in [1.82, 2.24) is 19.9 Å². The first-order valence-corrected chi connectivity index (χ1v) is 10.6. The Balaban J connectivity index is 1.32. The molecule has 8 heteroatoms. The molecule has 2 saturated heterocycles. The van der Waals surface area contributed by atoms with Gasteiger partial charge in [-0.1, -0.05) is 12.1 Å². The quantitative estimate of drug-likeness (QED) is 0.655. The van der Waals surface area contributed by atoms with Gasteiger partial charge in [0.05, 0.1) is 30.4 Å². The van der Waals surface area contributed by atoms with E-state index in [0.29, 0.717) is 6.04 Å². The maximum Gasteiger partial charge on any atom is 0.227 e. The number of nitrogens with zero attached hydrogens (tertiary/aromatic N) is 7. The number of rotatable bonds is 4. The lowest BCUT2D eigenvalue weighted by molar-refractivity contribution is 0.122. The minimum Gasteiger partial charge on any atom is -0.378 e. The summed E-state index contributed by atoms with van der Waals surface area (Å²) in [6.07, 6.45) is 6.00. The minimum atomic E-state index is 0.361. The number of hydrogen-bond acceptors (Lipinski definition) is 8. The number of benzene rings is 1. The second-order valence-electron chi connectivity index (χ2n) is 7.88. The number of likely N-dealkylation sites (N-methyl/N-ethyl adjacent to an activating group) is 1. The molecule has 0 N–H and O–H groups in total. The topological polar surface area (TPSA) is 70.5 Å². The molecule has 1 aromatic carbocycles. The predicted molar refractivity (Wildman–Crippen MR) is 118 cm³/mol. The normalized spacial score (nSPS) is 19.8. The minimum absolute atomic E-state index is 0.361. The summed E-state index contributed by atoms with van der Waals surface area (Å²) in [5.41, 5.74) is 1.87. The number of hydrogen-bond donors (Lipinski definition) is 0. The predicted octanol–water partition coefficient (Wildman–Crippen LogP) is 2.36. The first-order valence-electron chi connectivity index (χ1n) is 10.6. The van der Waals surface area contributed by atoms with Crippen LogP contribution < -0.4 is 14.7 Å². The zero-order chi connectivity index (χ0) is 20.3. The van der Waals surface area contributed by atoms with Crippen LogP contribution in [0.5, 0.6) is 0 Å². The molecule has 0 spiro atoms. The Morgan fingerprint density at radius 2 is 1.80 bits per heavy atom. The van der Waals surface area contributed by atoms with E-state index in [1.54, 1.807) is 0 Å². The number of morpholine rings is 1. The second kappa shape index (κ2) is 8.39. The van der Waals surface area contributed by atoms with Crippen molar-refractivity contribution in [3.63, 3.8) is 0 Å². The molecular weight excluding hydrogens is 378 g/mol. The van der Waals surface area contributed by atoms with Crippen LogP contribution in [-0.2, 0) is 4.74 Å². The molecular formula is C22H27N7O. The summed E-state index contributed by atoms with van der Waals surface area (Å²) in [5, 5.41) is 0. The van der Waals surface area contributed by atoms with Crippen molar-refractivity contribution in [3.05, 3.63) is 42.7 Å². The van der Waals surface area contributed by atoms with E-state index in [1.807, 2.05) is 42.7 Å². The van der Waals surface area contributed by atoms with Crippen LogP contribution in [0, 0.1) is 0 Å². The Hall–Kier alpha value is -3.00. The number of ether oxygens (including phenoxy) is 1. The van der Waals surface area contributed by atoms with Crippen LogP contribution in [0.1, 0.15) is 12.8 Å². The van der Waals surface area contributed by atoms with Crippen molar-refractivity contribution in [1.29, 1.82) is 0 Å². The number of aromatic nitrogens is 4. The molecule has 4 heterocycles. The van der Waals surface area contributed by atoms with E-state index in [1.165, 1.54) is 0 Å². The molecule has 1 atom stereocenters. The van der Waals surface area contributed by atoms with Gasteiger partial charge in [-0.25, -0.2) is 9.97 Å². The molecule has 0 bridgehead atoms. The summed E-state index contributed by atoms with van der Waals surface area (Å²) < 4.78 is 5.45. The fourth-order valence-electron chi connectivity index (χ4n) is 4.22. The number of piperidine rings is 1. The third kappa shape index (κ3) is 3.87. The number of anilines is 3. The largest absolute Gasteiger partial charge is 0.378 e. The standard InChI is InChI=1S/C22H27N7O/c1-27(20-8-9-23-22(26-20)28-11-13-30-14-12-28)17-5-4-10-29(16-17)21-15-24-18-6-2-3-7-19(18)25-21/h2-3,6-9,15,17H,4-5,10-14,16H2,1H3. The Morgan fingerprint density at radius 1 is 0.967 bits per heavy atom. The van der Waals surface area contributed by atoms with Gasteiger partial charge < -0.3 is 19.4 Å². The van der Waals surface area contributed by atoms with Gasteiger partial charge in [-0.2, -0.15) is 4.98 Å². The summed E-state index contributed by atoms with van der Waals surface area (Å²) >= 11 is 0. The lowest BCUT2D eigenvalue weighted by atomic mass is 10.0. The van der Waals surface area contributed by atoms with Crippen molar-refractivity contribution >= 4 is 28.6 Å². The van der Waals surface area contributed by atoms with Crippen LogP contribution in [0.15, 0.2) is 42.7 Å². The molecule has 156 valence electrons. The maximum atomic E-state index is 5.45. The van der Waals surface area contributed by atoms with Crippen LogP contribution in [0.2, 0.25) is 0 Å². The van der Waals surface area contributed by atoms with E-state index in [0.717, 1.165) is 80.9 Å². The molecule has 8 nitrogen and oxygen atoms in total. The first kappa shape index (κ1) is 19.0. The van der Waals surface area contributed by atoms with Crippen molar-refractivity contribution in [2.45, 2.75) is 18.9 Å². The molecule has 2 aliphatic rings. The van der Waals surface area contributed by atoms with Crippen LogP contribution >= 0.6 is 0 Å². The summed E-state index contributed by atoms with van der Waals surface area (Å²) in [6, 6.07) is 10.4. The highest BCUT2D eigenvalue weighted by atomic mass is 16.5. The van der Waals surface area contributed by atoms with Gasteiger partial charge in [0.1, 0.15) is 11.6 Å². The Labute approximate surface area is 176 Å². The SMILES string of the molecule is CN(c1ccnc(N2CCOCC2)n1)C1CCCN(c2cnc3ccccc3n2)C1. The van der Waals surface area contributed by atoms with E-state index in [-0.39, 0.29) is 0 Å². The molecule has 3 aromatic rings. The van der Waals surface area contributed by atoms with E-state index < -0.39 is 0 Å². The van der Waals surface area contributed by atoms with Gasteiger partial charge in [0, 0.05) is 45.5 Å². The third-order valence-electron chi connectivity index (χ3n) is 5.99. The summed E-state index contributed by atoms with van der Waals surface area (Å²) in [6.45, 7) is 5.04. The first-order chi connectivity index (χ1) is 14.8. The van der Waals surface area contributed by atoms with Crippen LogP contribution in [0.3, 0.4) is 0 Å². The Morgan fingerprint density at radius 3 is 2.67 bits per heavy atom. The summed E-state index contributed by atoms with van der Waals surface area (Å²) in [4.78, 5) is 25.6. The van der Waals surface area contributed by atoms with Crippen molar-refractivity contribution in [3.8, 4) is 0 Å². The van der Waals surface area contributed by atoms with E-state index in [9.17, 15) is 0 Å². The average Bonchev–Trinajstić information content (AvgIpc) is 2.84. The van der Waals surface area contributed by atoms with Gasteiger partial charge >= 0.3 is 0 Å². The van der Waals surface area contributed by atoms with Crippen molar-refractivity contribution in [2.75, 3.05) is 61.1 Å². The molecule has 0 aliphatic carbocycles. The van der Waals surface area contributed by atoms with Gasteiger partial charge in [0.25, 0.3) is 0 Å². The highest BCUT2D eigenvalue weighted by Crippen LogP contribution is 2.25.